The molecule has 0 spiro atoms. The van der Waals surface area contributed by atoms with Gasteiger partial charge in [0.1, 0.15) is 6.10 Å². The van der Waals surface area contributed by atoms with Gasteiger partial charge < -0.3 is 23.5 Å². The monoisotopic (exact) mass is 349 g/mol. The first-order chi connectivity index (χ1) is 12.2. The van der Waals surface area contributed by atoms with Crippen molar-refractivity contribution in [2.75, 3.05) is 33.0 Å². The fourth-order valence-corrected chi connectivity index (χ4v) is 4.24. The Bertz CT molecular complexity index is 594. The summed E-state index contributed by atoms with van der Waals surface area (Å²) < 4.78 is 23.0. The summed E-state index contributed by atoms with van der Waals surface area (Å²) in [6.07, 6.45) is 5.66. The lowest BCUT2D eigenvalue weighted by Crippen LogP contribution is -2.54. The SMILES string of the molecule is Cc1ccoc1C(=O)N1CCO[C@H]2[C@H](OCC3CCOCC3)CC[C@@H]21. The standard InChI is InChI=1S/C19H27NO5/c1-13-4-10-23-17(13)19(21)20-7-11-24-18-15(20)2-3-16(18)25-12-14-5-8-22-9-6-14/h4,10,14-16,18H,2-3,5-9,11-12H2,1H3/t15-,16+,18+/m0/s1. The summed E-state index contributed by atoms with van der Waals surface area (Å²) >= 11 is 0. The molecule has 1 aromatic rings. The minimum Gasteiger partial charge on any atom is -0.459 e. The highest BCUT2D eigenvalue weighted by Gasteiger charge is 2.45. The van der Waals surface area contributed by atoms with Gasteiger partial charge in [0.15, 0.2) is 5.76 Å². The van der Waals surface area contributed by atoms with Gasteiger partial charge in [-0.25, -0.2) is 0 Å². The molecule has 0 N–H and O–H groups in total. The van der Waals surface area contributed by atoms with Crippen molar-refractivity contribution < 1.29 is 23.4 Å². The van der Waals surface area contributed by atoms with Crippen LogP contribution in [0.4, 0.5) is 0 Å². The molecule has 3 aliphatic rings. The molecule has 6 nitrogen and oxygen atoms in total. The molecule has 3 atom stereocenters. The van der Waals surface area contributed by atoms with Gasteiger partial charge in [0.05, 0.1) is 31.6 Å². The predicted octanol–water partition coefficient (Wildman–Crippen LogP) is 2.40. The molecule has 3 fully saturated rings. The molecule has 1 aromatic heterocycles. The van der Waals surface area contributed by atoms with E-state index >= 15 is 0 Å². The minimum absolute atomic E-state index is 0.0205. The van der Waals surface area contributed by atoms with E-state index in [0.29, 0.717) is 24.8 Å². The molecule has 25 heavy (non-hydrogen) atoms. The Morgan fingerprint density at radius 2 is 2.08 bits per heavy atom. The Morgan fingerprint density at radius 3 is 2.84 bits per heavy atom. The molecule has 138 valence electrons. The Hall–Kier alpha value is -1.37. The second-order valence-electron chi connectivity index (χ2n) is 7.34. The van der Waals surface area contributed by atoms with Gasteiger partial charge in [-0.2, -0.15) is 0 Å². The van der Waals surface area contributed by atoms with E-state index in [1.54, 1.807) is 6.26 Å². The van der Waals surface area contributed by atoms with Crippen molar-refractivity contribution in [3.63, 3.8) is 0 Å². The number of carbonyl (C=O) groups excluding carboxylic acids is 1. The fraction of sp³-hybridized carbons (Fsp3) is 0.737. The van der Waals surface area contributed by atoms with Crippen LogP contribution in [0.5, 0.6) is 0 Å². The molecular weight excluding hydrogens is 322 g/mol. The van der Waals surface area contributed by atoms with Gasteiger partial charge in [0, 0.05) is 25.3 Å². The summed E-state index contributed by atoms with van der Waals surface area (Å²) in [7, 11) is 0. The van der Waals surface area contributed by atoms with Crippen molar-refractivity contribution in [2.24, 2.45) is 5.92 Å². The number of hydrogen-bond donors (Lipinski definition) is 0. The second kappa shape index (κ2) is 7.48. The molecule has 1 aliphatic carbocycles. The first kappa shape index (κ1) is 17.1. The highest BCUT2D eigenvalue weighted by Crippen LogP contribution is 2.34. The minimum atomic E-state index is -0.0223. The van der Waals surface area contributed by atoms with Gasteiger partial charge >= 0.3 is 0 Å². The lowest BCUT2D eigenvalue weighted by Gasteiger charge is -2.39. The van der Waals surface area contributed by atoms with Crippen LogP contribution in [0.25, 0.3) is 0 Å². The third-order valence-corrected chi connectivity index (χ3v) is 5.74. The summed E-state index contributed by atoms with van der Waals surface area (Å²) in [6.45, 7) is 5.53. The summed E-state index contributed by atoms with van der Waals surface area (Å²) in [5.74, 6) is 1.01. The quantitative estimate of drug-likeness (QED) is 0.835. The molecule has 1 saturated carbocycles. The number of morpholine rings is 1. The van der Waals surface area contributed by atoms with Crippen LogP contribution in [0.2, 0.25) is 0 Å². The molecule has 3 heterocycles. The number of aryl methyl sites for hydroxylation is 1. The van der Waals surface area contributed by atoms with Gasteiger partial charge in [0.2, 0.25) is 0 Å². The third kappa shape index (κ3) is 3.48. The van der Waals surface area contributed by atoms with Crippen LogP contribution in [0.3, 0.4) is 0 Å². The van der Waals surface area contributed by atoms with Gasteiger partial charge in [-0.1, -0.05) is 0 Å². The summed E-state index contributed by atoms with van der Waals surface area (Å²) in [5, 5.41) is 0. The number of fused-ring (bicyclic) bond motifs is 1. The maximum absolute atomic E-state index is 12.9. The lowest BCUT2D eigenvalue weighted by atomic mass is 10.0. The normalized spacial score (nSPS) is 30.4. The zero-order chi connectivity index (χ0) is 17.2. The molecular formula is C19H27NO5. The number of ether oxygens (including phenoxy) is 3. The molecule has 0 unspecified atom stereocenters. The molecule has 2 saturated heterocycles. The topological polar surface area (TPSA) is 61.1 Å². The van der Waals surface area contributed by atoms with E-state index < -0.39 is 0 Å². The zero-order valence-corrected chi connectivity index (χ0v) is 14.8. The van der Waals surface area contributed by atoms with E-state index in [2.05, 4.69) is 0 Å². The highest BCUT2D eigenvalue weighted by molar-refractivity contribution is 5.93. The van der Waals surface area contributed by atoms with Crippen molar-refractivity contribution in [2.45, 2.75) is 50.9 Å². The van der Waals surface area contributed by atoms with Crippen molar-refractivity contribution in [1.29, 1.82) is 0 Å². The maximum Gasteiger partial charge on any atom is 0.290 e. The average Bonchev–Trinajstić information content (AvgIpc) is 3.26. The van der Waals surface area contributed by atoms with Gasteiger partial charge in [0.25, 0.3) is 5.91 Å². The van der Waals surface area contributed by atoms with Gasteiger partial charge in [-0.05, 0) is 44.6 Å². The van der Waals surface area contributed by atoms with E-state index in [1.807, 2.05) is 17.9 Å². The Labute approximate surface area is 148 Å². The number of rotatable bonds is 4. The maximum atomic E-state index is 12.9. The second-order valence-corrected chi connectivity index (χ2v) is 7.34. The van der Waals surface area contributed by atoms with Gasteiger partial charge in [-0.15, -0.1) is 0 Å². The van der Waals surface area contributed by atoms with Crippen LogP contribution >= 0.6 is 0 Å². The largest absolute Gasteiger partial charge is 0.459 e. The third-order valence-electron chi connectivity index (χ3n) is 5.74. The summed E-state index contributed by atoms with van der Waals surface area (Å²) in [4.78, 5) is 14.8. The average molecular weight is 349 g/mol. The molecule has 0 aromatic carbocycles. The highest BCUT2D eigenvalue weighted by atomic mass is 16.5. The van der Waals surface area contributed by atoms with Crippen molar-refractivity contribution in [3.8, 4) is 0 Å². The van der Waals surface area contributed by atoms with Crippen LogP contribution < -0.4 is 0 Å². The first-order valence-electron chi connectivity index (χ1n) is 9.40. The molecule has 0 radical (unpaired) electrons. The number of amides is 1. The molecule has 0 bridgehead atoms. The number of carbonyl (C=O) groups is 1. The number of nitrogens with zero attached hydrogens (tertiary/aromatic N) is 1. The van der Waals surface area contributed by atoms with E-state index in [9.17, 15) is 4.79 Å². The molecule has 6 heteroatoms. The number of hydrogen-bond acceptors (Lipinski definition) is 5. The van der Waals surface area contributed by atoms with E-state index in [1.165, 1.54) is 0 Å². The van der Waals surface area contributed by atoms with E-state index in [0.717, 1.165) is 51.1 Å². The molecule has 2 aliphatic heterocycles. The Kier molecular flexibility index (Phi) is 5.10. The van der Waals surface area contributed by atoms with Crippen LogP contribution in [-0.4, -0.2) is 62.0 Å². The molecule has 1 amide bonds. The smallest absolute Gasteiger partial charge is 0.290 e. The van der Waals surface area contributed by atoms with Crippen LogP contribution in [0.1, 0.15) is 41.8 Å². The van der Waals surface area contributed by atoms with Crippen molar-refractivity contribution >= 4 is 5.91 Å². The first-order valence-corrected chi connectivity index (χ1v) is 9.40. The molecule has 4 rings (SSSR count). The van der Waals surface area contributed by atoms with Crippen LogP contribution in [0, 0.1) is 12.8 Å². The van der Waals surface area contributed by atoms with Crippen molar-refractivity contribution in [1.82, 2.24) is 4.90 Å². The van der Waals surface area contributed by atoms with Crippen LogP contribution in [0.15, 0.2) is 16.7 Å². The Balaban J connectivity index is 1.38. The predicted molar refractivity (Wildman–Crippen MR) is 90.5 cm³/mol. The number of furan rings is 1. The lowest BCUT2D eigenvalue weighted by molar-refractivity contribution is -0.113. The fourth-order valence-electron chi connectivity index (χ4n) is 4.24. The summed E-state index contributed by atoms with van der Waals surface area (Å²) in [5.41, 5.74) is 0.887. The van der Waals surface area contributed by atoms with Crippen molar-refractivity contribution in [3.05, 3.63) is 23.7 Å². The Morgan fingerprint density at radius 1 is 1.24 bits per heavy atom. The van der Waals surface area contributed by atoms with Gasteiger partial charge in [-0.3, -0.25) is 4.79 Å². The zero-order valence-electron chi connectivity index (χ0n) is 14.8. The summed E-state index contributed by atoms with van der Waals surface area (Å²) in [6, 6.07) is 1.92. The van der Waals surface area contributed by atoms with E-state index in [-0.39, 0.29) is 24.2 Å². The van der Waals surface area contributed by atoms with Crippen LogP contribution in [-0.2, 0) is 14.2 Å². The van der Waals surface area contributed by atoms with E-state index in [4.69, 9.17) is 18.6 Å².